The van der Waals surface area contributed by atoms with Crippen LogP contribution in [0.15, 0.2) is 29.0 Å². The van der Waals surface area contributed by atoms with Gasteiger partial charge >= 0.3 is 0 Å². The Morgan fingerprint density at radius 1 is 1.11 bits per heavy atom. The lowest BCUT2D eigenvalue weighted by Gasteiger charge is -2.27. The number of amides is 5. The summed E-state index contributed by atoms with van der Waals surface area (Å²) in [5.74, 6) is -1.52. The van der Waals surface area contributed by atoms with Crippen molar-refractivity contribution in [2.45, 2.75) is 57.7 Å². The molecule has 1 saturated heterocycles. The monoisotopic (exact) mass is 570 g/mol. The number of hydrogen-bond acceptors (Lipinski definition) is 7. The Bertz CT molecular complexity index is 1290. The molecule has 3 aliphatic rings. The van der Waals surface area contributed by atoms with E-state index < -0.39 is 29.7 Å². The van der Waals surface area contributed by atoms with Crippen LogP contribution in [0, 0.1) is 0 Å². The van der Waals surface area contributed by atoms with Crippen molar-refractivity contribution in [1.82, 2.24) is 24.7 Å². The highest BCUT2D eigenvalue weighted by Crippen LogP contribution is 2.32. The lowest BCUT2D eigenvalue weighted by atomic mass is 10.0. The highest BCUT2D eigenvalue weighted by Gasteiger charge is 2.45. The predicted octanol–water partition coefficient (Wildman–Crippen LogP) is 2.06. The molecule has 1 atom stereocenters. The minimum absolute atomic E-state index is 0.0490. The van der Waals surface area contributed by atoms with Crippen molar-refractivity contribution in [1.29, 1.82) is 0 Å². The molecule has 0 spiro atoms. The predicted molar refractivity (Wildman–Crippen MR) is 135 cm³/mol. The molecule has 0 saturated carbocycles. The first kappa shape index (κ1) is 25.3. The summed E-state index contributed by atoms with van der Waals surface area (Å²) in [6.07, 6.45) is 4.79. The van der Waals surface area contributed by atoms with Crippen LogP contribution < -0.4 is 10.6 Å². The van der Waals surface area contributed by atoms with Crippen molar-refractivity contribution in [3.63, 3.8) is 0 Å². The topological polar surface area (TPSA) is 134 Å². The molecule has 11 nitrogen and oxygen atoms in total. The SMILES string of the molecule is O=C1CCC(N2C(=O)c3cccc(NC(=O)CCCCCN4CCn5c(Br)cnc5C4)c3C2=O)C(=O)N1. The normalized spacial score (nSPS) is 19.6. The van der Waals surface area contributed by atoms with Gasteiger partial charge in [-0.2, -0.15) is 0 Å². The maximum absolute atomic E-state index is 13.1. The highest BCUT2D eigenvalue weighted by atomic mass is 79.9. The number of piperidine rings is 1. The van der Waals surface area contributed by atoms with E-state index in [0.717, 1.165) is 54.3 Å². The number of fused-ring (bicyclic) bond motifs is 2. The van der Waals surface area contributed by atoms with Gasteiger partial charge in [-0.05, 0) is 53.9 Å². The summed E-state index contributed by atoms with van der Waals surface area (Å²) in [5.41, 5.74) is 0.480. The van der Waals surface area contributed by atoms with Crippen LogP contribution in [0.4, 0.5) is 5.69 Å². The Labute approximate surface area is 221 Å². The molecule has 37 heavy (non-hydrogen) atoms. The van der Waals surface area contributed by atoms with Crippen LogP contribution >= 0.6 is 15.9 Å². The van der Waals surface area contributed by atoms with E-state index >= 15 is 0 Å². The first-order valence-electron chi connectivity index (χ1n) is 12.4. The number of hydrogen-bond donors (Lipinski definition) is 2. The maximum Gasteiger partial charge on any atom is 0.264 e. The fourth-order valence-electron chi connectivity index (χ4n) is 5.09. The maximum atomic E-state index is 13.1. The van der Waals surface area contributed by atoms with Crippen LogP contribution in [0.3, 0.4) is 0 Å². The van der Waals surface area contributed by atoms with E-state index in [-0.39, 0.29) is 35.6 Å². The molecule has 5 amide bonds. The van der Waals surface area contributed by atoms with E-state index in [1.165, 1.54) is 6.07 Å². The van der Waals surface area contributed by atoms with Gasteiger partial charge in [-0.3, -0.25) is 39.1 Å². The number of benzene rings is 1. The third-order valence-corrected chi connectivity index (χ3v) is 7.65. The Morgan fingerprint density at radius 2 is 1.95 bits per heavy atom. The van der Waals surface area contributed by atoms with Crippen molar-refractivity contribution < 1.29 is 24.0 Å². The molecule has 1 fully saturated rings. The molecule has 2 aromatic rings. The number of aromatic nitrogens is 2. The first-order valence-corrected chi connectivity index (χ1v) is 13.2. The number of halogens is 1. The summed E-state index contributed by atoms with van der Waals surface area (Å²) < 4.78 is 3.18. The van der Waals surface area contributed by atoms with E-state index in [1.807, 2.05) is 6.20 Å². The molecule has 1 aromatic heterocycles. The zero-order valence-corrected chi connectivity index (χ0v) is 21.8. The van der Waals surface area contributed by atoms with Crippen molar-refractivity contribution >= 4 is 51.2 Å². The molecule has 194 valence electrons. The van der Waals surface area contributed by atoms with Gasteiger partial charge in [0, 0.05) is 25.9 Å². The standard InChI is InChI=1S/C25H27BrN6O5/c26-18-13-27-19-14-30(11-12-31(18)19)10-3-1-2-7-20(33)28-16-6-4-5-15-22(16)25(37)32(24(15)36)17-8-9-21(34)29-23(17)35/h4-6,13,17H,1-3,7-12,14H2,(H,28,33)(H,29,34,35). The third kappa shape index (κ3) is 5.08. The van der Waals surface area contributed by atoms with Crippen LogP contribution in [0.2, 0.25) is 0 Å². The summed E-state index contributed by atoms with van der Waals surface area (Å²) in [6, 6.07) is 3.63. The number of carbonyl (C=O) groups is 5. The number of imide groups is 2. The molecule has 0 aliphatic carbocycles. The summed E-state index contributed by atoms with van der Waals surface area (Å²) in [4.78, 5) is 70.1. The highest BCUT2D eigenvalue weighted by molar-refractivity contribution is 9.10. The van der Waals surface area contributed by atoms with Gasteiger partial charge in [-0.1, -0.05) is 12.5 Å². The van der Waals surface area contributed by atoms with E-state index in [0.29, 0.717) is 12.8 Å². The van der Waals surface area contributed by atoms with E-state index in [9.17, 15) is 24.0 Å². The van der Waals surface area contributed by atoms with Gasteiger partial charge in [0.2, 0.25) is 17.7 Å². The molecule has 0 bridgehead atoms. The summed E-state index contributed by atoms with van der Waals surface area (Å²) >= 11 is 3.51. The van der Waals surface area contributed by atoms with Gasteiger partial charge in [0.1, 0.15) is 16.5 Å². The van der Waals surface area contributed by atoms with Crippen molar-refractivity contribution in [3.8, 4) is 0 Å². The second kappa shape index (κ2) is 10.5. The minimum atomic E-state index is -1.05. The molecule has 12 heteroatoms. The molecular weight excluding hydrogens is 544 g/mol. The fraction of sp³-hybridized carbons (Fsp3) is 0.440. The van der Waals surface area contributed by atoms with E-state index in [4.69, 9.17) is 0 Å². The Hall–Kier alpha value is -3.38. The Morgan fingerprint density at radius 3 is 2.76 bits per heavy atom. The lowest BCUT2D eigenvalue weighted by molar-refractivity contribution is -0.136. The molecule has 3 aliphatic heterocycles. The average Bonchev–Trinajstić information content (AvgIpc) is 3.36. The van der Waals surface area contributed by atoms with Crippen LogP contribution in [0.25, 0.3) is 0 Å². The summed E-state index contributed by atoms with van der Waals surface area (Å²) in [6.45, 7) is 3.62. The van der Waals surface area contributed by atoms with E-state index in [1.54, 1.807) is 12.1 Å². The Balaban J connectivity index is 1.12. The lowest BCUT2D eigenvalue weighted by Crippen LogP contribution is -2.54. The number of nitrogens with one attached hydrogen (secondary N) is 2. The number of imidazole rings is 1. The number of carbonyl (C=O) groups excluding carboxylic acids is 5. The molecule has 1 unspecified atom stereocenters. The zero-order valence-electron chi connectivity index (χ0n) is 20.2. The summed E-state index contributed by atoms with van der Waals surface area (Å²) in [5, 5.41) is 4.95. The smallest absolute Gasteiger partial charge is 0.264 e. The molecule has 2 N–H and O–H groups in total. The third-order valence-electron chi connectivity index (χ3n) is 7.01. The largest absolute Gasteiger partial charge is 0.325 e. The van der Waals surface area contributed by atoms with Crippen LogP contribution in [-0.2, 0) is 27.5 Å². The molecule has 4 heterocycles. The molecular formula is C25H27BrN6O5. The van der Waals surface area contributed by atoms with Gasteiger partial charge in [-0.15, -0.1) is 0 Å². The number of rotatable bonds is 8. The van der Waals surface area contributed by atoms with Gasteiger partial charge in [-0.25, -0.2) is 4.98 Å². The molecule has 0 radical (unpaired) electrons. The van der Waals surface area contributed by atoms with Crippen molar-refractivity contribution in [2.75, 3.05) is 18.4 Å². The quantitative estimate of drug-likeness (QED) is 0.366. The van der Waals surface area contributed by atoms with Crippen molar-refractivity contribution in [2.24, 2.45) is 0 Å². The average molecular weight is 571 g/mol. The zero-order chi connectivity index (χ0) is 26.1. The van der Waals surface area contributed by atoms with Gasteiger partial charge in [0.05, 0.1) is 29.6 Å². The summed E-state index contributed by atoms with van der Waals surface area (Å²) in [7, 11) is 0. The Kier molecular flexibility index (Phi) is 7.20. The van der Waals surface area contributed by atoms with Crippen LogP contribution in [0.5, 0.6) is 0 Å². The number of unbranched alkanes of at least 4 members (excludes halogenated alkanes) is 2. The second-order valence-electron chi connectivity index (χ2n) is 9.46. The van der Waals surface area contributed by atoms with Crippen molar-refractivity contribution in [3.05, 3.63) is 46.0 Å². The number of nitrogens with zero attached hydrogens (tertiary/aromatic N) is 4. The molecule has 1 aromatic carbocycles. The van der Waals surface area contributed by atoms with Gasteiger partial charge in [0.25, 0.3) is 11.8 Å². The van der Waals surface area contributed by atoms with Crippen LogP contribution in [-0.4, -0.2) is 68.0 Å². The van der Waals surface area contributed by atoms with Crippen LogP contribution in [0.1, 0.15) is 65.1 Å². The number of anilines is 1. The minimum Gasteiger partial charge on any atom is -0.325 e. The van der Waals surface area contributed by atoms with Gasteiger partial charge < -0.3 is 9.88 Å². The van der Waals surface area contributed by atoms with Gasteiger partial charge in [0.15, 0.2) is 0 Å². The first-order chi connectivity index (χ1) is 17.8. The molecule has 5 rings (SSSR count). The second-order valence-corrected chi connectivity index (χ2v) is 10.3. The fourth-order valence-corrected chi connectivity index (χ4v) is 5.58. The van der Waals surface area contributed by atoms with E-state index in [2.05, 4.69) is 41.0 Å².